The Morgan fingerprint density at radius 1 is 1.05 bits per heavy atom. The molecular weight excluding hydrogens is 517 g/mol. The molecule has 3 aliphatic carbocycles. The number of allylic oxidation sites excluding steroid dienone is 3. The van der Waals surface area contributed by atoms with Gasteiger partial charge in [0.05, 0.1) is 17.8 Å². The van der Waals surface area contributed by atoms with Gasteiger partial charge in [-0.05, 0) is 106 Å². The molecule has 0 amide bonds. The van der Waals surface area contributed by atoms with E-state index >= 15 is 0 Å². The second-order valence-corrected chi connectivity index (χ2v) is 14.0. The molecule has 4 unspecified atom stereocenters. The van der Waals surface area contributed by atoms with Gasteiger partial charge in [0.2, 0.25) is 5.60 Å². The second kappa shape index (κ2) is 12.0. The van der Waals surface area contributed by atoms with E-state index in [9.17, 15) is 33.6 Å². The highest BCUT2D eigenvalue weighted by atomic mass is 19.4. The summed E-state index contributed by atoms with van der Waals surface area (Å²) in [5, 5.41) is 40.6. The molecule has 3 fully saturated rings. The van der Waals surface area contributed by atoms with Gasteiger partial charge in [0, 0.05) is 12.8 Å². The first-order valence-electron chi connectivity index (χ1n) is 14.8. The fraction of sp³-hybridized carbons (Fsp3) is 0.758. The summed E-state index contributed by atoms with van der Waals surface area (Å²) < 4.78 is 39.8. The second-order valence-electron chi connectivity index (χ2n) is 14.0. The standard InChI is InChI=1S/C33H49F3O4/c1-22-24(20-25(37)21-27(22)38)12-11-23-10-7-18-31(5)26(23)13-14-28(31)30(4,16-8-15-29(2,3)39)17-9-19-32(6,40)33(34,35)36/h11-12,25-28,37-40H,1,7-8,10,13-18,20-21H2,2-6H3/b23-11+,24-12-/t25?,26?,27-,28?,30+,31-,32?/m0/s1. The van der Waals surface area contributed by atoms with E-state index in [-0.39, 0.29) is 23.2 Å². The molecule has 4 N–H and O–H groups in total. The number of halogens is 3. The molecule has 3 aliphatic rings. The summed E-state index contributed by atoms with van der Waals surface area (Å²) in [7, 11) is 0. The van der Waals surface area contributed by atoms with Crippen LogP contribution in [0.5, 0.6) is 0 Å². The summed E-state index contributed by atoms with van der Waals surface area (Å²) in [5.41, 5.74) is -1.42. The minimum atomic E-state index is -4.82. The Balaban J connectivity index is 1.90. The third-order valence-electron chi connectivity index (χ3n) is 9.98. The molecule has 4 nitrogen and oxygen atoms in total. The summed E-state index contributed by atoms with van der Waals surface area (Å²) in [5.74, 6) is 5.40. The lowest BCUT2D eigenvalue weighted by Crippen LogP contribution is -2.42. The number of fused-ring (bicyclic) bond motifs is 1. The lowest BCUT2D eigenvalue weighted by molar-refractivity contribution is -0.228. The molecule has 0 bridgehead atoms. The molecule has 0 saturated heterocycles. The lowest BCUT2D eigenvalue weighted by Gasteiger charge is -2.49. The van der Waals surface area contributed by atoms with E-state index in [1.165, 1.54) is 5.57 Å². The fourth-order valence-corrected chi connectivity index (χ4v) is 7.65. The molecular formula is C33H49F3O4. The van der Waals surface area contributed by atoms with E-state index < -0.39 is 29.6 Å². The summed E-state index contributed by atoms with van der Waals surface area (Å²) in [4.78, 5) is 0. The van der Waals surface area contributed by atoms with Crippen molar-refractivity contribution in [1.29, 1.82) is 0 Å². The van der Waals surface area contributed by atoms with E-state index in [1.807, 2.05) is 6.08 Å². The minimum Gasteiger partial charge on any atom is -0.393 e. The Morgan fingerprint density at radius 2 is 1.73 bits per heavy atom. The molecule has 7 heteroatoms. The Hall–Kier alpha value is -1.59. The van der Waals surface area contributed by atoms with Crippen molar-refractivity contribution in [1.82, 2.24) is 0 Å². The summed E-state index contributed by atoms with van der Waals surface area (Å²) in [6.45, 7) is 12.7. The topological polar surface area (TPSA) is 80.9 Å². The van der Waals surface area contributed by atoms with Gasteiger partial charge in [-0.3, -0.25) is 0 Å². The maximum Gasteiger partial charge on any atom is 0.428 e. The zero-order valence-electron chi connectivity index (χ0n) is 24.9. The number of aliphatic hydroxyl groups excluding tert-OH is 2. The Kier molecular flexibility index (Phi) is 9.84. The largest absolute Gasteiger partial charge is 0.428 e. The van der Waals surface area contributed by atoms with Crippen LogP contribution >= 0.6 is 0 Å². The van der Waals surface area contributed by atoms with E-state index in [2.05, 4.69) is 38.3 Å². The highest BCUT2D eigenvalue weighted by Crippen LogP contribution is 2.63. The van der Waals surface area contributed by atoms with Crippen LogP contribution in [-0.2, 0) is 0 Å². The summed E-state index contributed by atoms with van der Waals surface area (Å²) in [6, 6.07) is 0. The molecule has 0 spiro atoms. The zero-order chi connectivity index (χ0) is 30.1. The third-order valence-corrected chi connectivity index (χ3v) is 9.98. The van der Waals surface area contributed by atoms with Crippen LogP contribution in [-0.4, -0.2) is 50.0 Å². The van der Waals surface area contributed by atoms with Crippen LogP contribution in [0.3, 0.4) is 0 Å². The van der Waals surface area contributed by atoms with Crippen LogP contribution < -0.4 is 0 Å². The number of rotatable bonds is 7. The first-order valence-corrected chi connectivity index (χ1v) is 14.8. The van der Waals surface area contributed by atoms with Crippen molar-refractivity contribution in [2.45, 2.75) is 135 Å². The first-order chi connectivity index (χ1) is 18.3. The Morgan fingerprint density at radius 3 is 2.35 bits per heavy atom. The molecule has 0 aliphatic heterocycles. The van der Waals surface area contributed by atoms with E-state index in [0.29, 0.717) is 37.7 Å². The smallest absolute Gasteiger partial charge is 0.393 e. The van der Waals surface area contributed by atoms with Gasteiger partial charge in [0.1, 0.15) is 0 Å². The molecule has 7 atom stereocenters. The maximum absolute atomic E-state index is 13.3. The van der Waals surface area contributed by atoms with Gasteiger partial charge in [-0.25, -0.2) is 0 Å². The number of alkyl halides is 3. The molecule has 40 heavy (non-hydrogen) atoms. The van der Waals surface area contributed by atoms with Crippen molar-refractivity contribution in [3.05, 3.63) is 35.5 Å². The quantitative estimate of drug-likeness (QED) is 0.256. The van der Waals surface area contributed by atoms with E-state index in [0.717, 1.165) is 50.5 Å². The van der Waals surface area contributed by atoms with Crippen molar-refractivity contribution in [2.75, 3.05) is 0 Å². The number of aliphatic hydroxyl groups is 4. The molecule has 0 radical (unpaired) electrons. The predicted octanol–water partition coefficient (Wildman–Crippen LogP) is 6.78. The third kappa shape index (κ3) is 7.43. The first kappa shape index (κ1) is 32.9. The Bertz CT molecular complexity index is 1050. The van der Waals surface area contributed by atoms with E-state index in [1.54, 1.807) is 13.8 Å². The van der Waals surface area contributed by atoms with Crippen LogP contribution in [0.4, 0.5) is 13.2 Å². The van der Waals surface area contributed by atoms with Gasteiger partial charge in [-0.15, -0.1) is 0 Å². The van der Waals surface area contributed by atoms with Crippen LogP contribution in [0.25, 0.3) is 0 Å². The highest BCUT2D eigenvalue weighted by molar-refractivity contribution is 5.38. The average Bonchev–Trinajstić information content (AvgIpc) is 3.17. The SMILES string of the molecule is C=C1/C(=C\C=C2/CCC[C@@]3(C)C2CCC3[C@@](C)(CC#CC(C)(O)C(F)(F)F)CCCC(C)(C)O)CC(O)C[C@@H]1O. The highest BCUT2D eigenvalue weighted by Gasteiger charge is 2.55. The minimum absolute atomic E-state index is 0.0527. The van der Waals surface area contributed by atoms with Gasteiger partial charge in [0.15, 0.2) is 0 Å². The van der Waals surface area contributed by atoms with Crippen LogP contribution in [0, 0.1) is 34.5 Å². The molecule has 0 aromatic carbocycles. The lowest BCUT2D eigenvalue weighted by atomic mass is 9.55. The van der Waals surface area contributed by atoms with Gasteiger partial charge < -0.3 is 20.4 Å². The molecule has 0 aromatic rings. The zero-order valence-corrected chi connectivity index (χ0v) is 24.9. The monoisotopic (exact) mass is 566 g/mol. The normalized spacial score (nSPS) is 34.6. The summed E-state index contributed by atoms with van der Waals surface area (Å²) >= 11 is 0. The van der Waals surface area contributed by atoms with Crippen LogP contribution in [0.2, 0.25) is 0 Å². The van der Waals surface area contributed by atoms with E-state index in [4.69, 9.17) is 0 Å². The maximum atomic E-state index is 13.3. The number of hydrogen-bond acceptors (Lipinski definition) is 4. The average molecular weight is 567 g/mol. The van der Waals surface area contributed by atoms with Crippen molar-refractivity contribution in [3.8, 4) is 11.8 Å². The van der Waals surface area contributed by atoms with Crippen molar-refractivity contribution in [2.24, 2.45) is 22.7 Å². The van der Waals surface area contributed by atoms with Crippen molar-refractivity contribution in [3.63, 3.8) is 0 Å². The molecule has 0 aromatic heterocycles. The van der Waals surface area contributed by atoms with Crippen LogP contribution in [0.15, 0.2) is 35.5 Å². The van der Waals surface area contributed by atoms with Crippen molar-refractivity contribution >= 4 is 0 Å². The number of hydrogen-bond donors (Lipinski definition) is 4. The Labute approximate surface area is 238 Å². The molecule has 0 heterocycles. The van der Waals surface area contributed by atoms with Crippen molar-refractivity contribution < 1.29 is 33.6 Å². The predicted molar refractivity (Wildman–Crippen MR) is 152 cm³/mol. The fourth-order valence-electron chi connectivity index (χ4n) is 7.65. The van der Waals surface area contributed by atoms with Gasteiger partial charge >= 0.3 is 6.18 Å². The molecule has 3 saturated carbocycles. The van der Waals surface area contributed by atoms with Gasteiger partial charge in [0.25, 0.3) is 0 Å². The van der Waals surface area contributed by atoms with Crippen LogP contribution in [0.1, 0.15) is 105 Å². The summed E-state index contributed by atoms with van der Waals surface area (Å²) in [6.07, 6.45) is 6.03. The molecule has 226 valence electrons. The molecule has 3 rings (SSSR count). The van der Waals surface area contributed by atoms with Gasteiger partial charge in [-0.1, -0.05) is 56.4 Å². The van der Waals surface area contributed by atoms with Gasteiger partial charge in [-0.2, -0.15) is 13.2 Å².